The number of aromatic nitrogens is 1. The fraction of sp³-hybridized carbons (Fsp3) is 0.353. The van der Waals surface area contributed by atoms with E-state index in [2.05, 4.69) is 11.0 Å². The Bertz CT molecular complexity index is 755. The van der Waals surface area contributed by atoms with E-state index in [-0.39, 0.29) is 0 Å². The molecule has 1 aromatic carbocycles. The number of anilines is 2. The van der Waals surface area contributed by atoms with Gasteiger partial charge >= 0.3 is 0 Å². The zero-order valence-corrected chi connectivity index (χ0v) is 14.2. The normalized spacial score (nSPS) is 14.7. The molecule has 120 valence electrons. The quantitative estimate of drug-likeness (QED) is 0.899. The standard InChI is InChI=1S/C17H18Cl2N4/c18-13-5-4-12(15(19)8-13)11-23-14(10-20)9-16(21)17(23)22-6-2-1-3-7-22/h4-5,8-9H,1-3,6-7,11,21H2. The van der Waals surface area contributed by atoms with Gasteiger partial charge in [0.05, 0.1) is 12.2 Å². The maximum atomic E-state index is 9.45. The van der Waals surface area contributed by atoms with Crippen LogP contribution < -0.4 is 10.6 Å². The van der Waals surface area contributed by atoms with Gasteiger partial charge in [0.2, 0.25) is 0 Å². The van der Waals surface area contributed by atoms with Crippen molar-refractivity contribution in [3.8, 4) is 6.07 Å². The molecule has 0 radical (unpaired) electrons. The van der Waals surface area contributed by atoms with Crippen molar-refractivity contribution in [2.45, 2.75) is 25.8 Å². The van der Waals surface area contributed by atoms with Crippen LogP contribution in [-0.4, -0.2) is 17.7 Å². The van der Waals surface area contributed by atoms with Crippen LogP contribution in [0.4, 0.5) is 11.5 Å². The molecular formula is C17H18Cl2N4. The number of benzene rings is 1. The first kappa shape index (κ1) is 16.0. The zero-order valence-electron chi connectivity index (χ0n) is 12.7. The molecule has 0 amide bonds. The average molecular weight is 349 g/mol. The lowest BCUT2D eigenvalue weighted by Crippen LogP contribution is -2.32. The van der Waals surface area contributed by atoms with Crippen LogP contribution in [0.3, 0.4) is 0 Å². The second kappa shape index (κ2) is 6.74. The third kappa shape index (κ3) is 3.26. The topological polar surface area (TPSA) is 58.0 Å². The molecule has 1 aromatic heterocycles. The van der Waals surface area contributed by atoms with Gasteiger partial charge in [-0.1, -0.05) is 29.3 Å². The number of rotatable bonds is 3. The molecule has 2 aromatic rings. The van der Waals surface area contributed by atoms with Crippen molar-refractivity contribution in [2.24, 2.45) is 0 Å². The lowest BCUT2D eigenvalue weighted by molar-refractivity contribution is 0.564. The Balaban J connectivity index is 2.01. The molecule has 0 atom stereocenters. The molecule has 1 fully saturated rings. The molecule has 2 N–H and O–H groups in total. The number of hydrogen-bond donors (Lipinski definition) is 1. The summed E-state index contributed by atoms with van der Waals surface area (Å²) in [6.45, 7) is 2.43. The molecule has 6 heteroatoms. The van der Waals surface area contributed by atoms with Crippen molar-refractivity contribution in [1.82, 2.24) is 4.57 Å². The second-order valence-corrected chi connectivity index (χ2v) is 6.63. The minimum absolute atomic E-state index is 0.502. The van der Waals surface area contributed by atoms with Gasteiger partial charge in [-0.15, -0.1) is 0 Å². The van der Waals surface area contributed by atoms with Crippen molar-refractivity contribution in [2.75, 3.05) is 23.7 Å². The molecule has 3 rings (SSSR count). The maximum Gasteiger partial charge on any atom is 0.133 e. The summed E-state index contributed by atoms with van der Waals surface area (Å²) in [6, 6.07) is 9.40. The summed E-state index contributed by atoms with van der Waals surface area (Å²) in [4.78, 5) is 2.27. The average Bonchev–Trinajstić information content (AvgIpc) is 2.86. The molecule has 23 heavy (non-hydrogen) atoms. The van der Waals surface area contributed by atoms with Crippen molar-refractivity contribution in [3.63, 3.8) is 0 Å². The first-order valence-electron chi connectivity index (χ1n) is 7.68. The van der Waals surface area contributed by atoms with Crippen molar-refractivity contribution in [1.29, 1.82) is 5.26 Å². The van der Waals surface area contributed by atoms with Crippen LogP contribution >= 0.6 is 23.2 Å². The molecule has 1 saturated heterocycles. The van der Waals surface area contributed by atoms with Gasteiger partial charge < -0.3 is 15.2 Å². The summed E-state index contributed by atoms with van der Waals surface area (Å²) in [5.74, 6) is 0.923. The molecule has 0 aliphatic carbocycles. The number of nitrogens with zero attached hydrogens (tertiary/aromatic N) is 3. The summed E-state index contributed by atoms with van der Waals surface area (Å²) in [5, 5.41) is 10.6. The van der Waals surface area contributed by atoms with Gasteiger partial charge in [-0.3, -0.25) is 0 Å². The summed E-state index contributed by atoms with van der Waals surface area (Å²) < 4.78 is 1.95. The maximum absolute atomic E-state index is 9.45. The van der Waals surface area contributed by atoms with Crippen LogP contribution in [0.5, 0.6) is 0 Å². The van der Waals surface area contributed by atoms with Crippen LogP contribution in [-0.2, 0) is 6.54 Å². The Morgan fingerprint density at radius 1 is 1.13 bits per heavy atom. The van der Waals surface area contributed by atoms with Crippen LogP contribution in [0.15, 0.2) is 24.3 Å². The van der Waals surface area contributed by atoms with Gasteiger partial charge in [-0.05, 0) is 43.0 Å². The molecule has 0 spiro atoms. The van der Waals surface area contributed by atoms with E-state index in [9.17, 15) is 5.26 Å². The van der Waals surface area contributed by atoms with E-state index in [1.807, 2.05) is 16.7 Å². The van der Waals surface area contributed by atoms with Crippen molar-refractivity contribution >= 4 is 34.7 Å². The summed E-state index contributed by atoms with van der Waals surface area (Å²) >= 11 is 12.3. The molecule has 4 nitrogen and oxygen atoms in total. The fourth-order valence-corrected chi connectivity index (χ4v) is 3.56. The summed E-state index contributed by atoms with van der Waals surface area (Å²) in [6.07, 6.45) is 3.54. The van der Waals surface area contributed by atoms with Gasteiger partial charge in [-0.2, -0.15) is 5.26 Å². The first-order valence-corrected chi connectivity index (χ1v) is 8.43. The second-order valence-electron chi connectivity index (χ2n) is 5.79. The zero-order chi connectivity index (χ0) is 16.4. The van der Waals surface area contributed by atoms with Gasteiger partial charge in [0, 0.05) is 23.1 Å². The fourth-order valence-electron chi connectivity index (χ4n) is 3.09. The molecule has 1 aliphatic rings. The van der Waals surface area contributed by atoms with E-state index < -0.39 is 0 Å². The predicted molar refractivity (Wildman–Crippen MR) is 95.2 cm³/mol. The SMILES string of the molecule is N#Cc1cc(N)c(N2CCCCC2)n1Cc1ccc(Cl)cc1Cl. The van der Waals surface area contributed by atoms with Crippen molar-refractivity contribution < 1.29 is 0 Å². The third-order valence-electron chi connectivity index (χ3n) is 4.21. The highest BCUT2D eigenvalue weighted by atomic mass is 35.5. The molecule has 2 heterocycles. The Morgan fingerprint density at radius 3 is 2.52 bits per heavy atom. The molecule has 0 unspecified atom stereocenters. The summed E-state index contributed by atoms with van der Waals surface area (Å²) in [5.41, 5.74) is 8.31. The number of nitrogen functional groups attached to an aromatic ring is 1. The Labute approximate surface area is 146 Å². The Kier molecular flexibility index (Phi) is 4.70. The number of nitrogens with two attached hydrogens (primary N) is 1. The van der Waals surface area contributed by atoms with Gasteiger partial charge in [-0.25, -0.2) is 0 Å². The van der Waals surface area contributed by atoms with E-state index in [0.717, 1.165) is 37.3 Å². The largest absolute Gasteiger partial charge is 0.396 e. The van der Waals surface area contributed by atoms with Crippen LogP contribution in [0.1, 0.15) is 30.5 Å². The smallest absolute Gasteiger partial charge is 0.133 e. The van der Waals surface area contributed by atoms with Crippen LogP contribution in [0.2, 0.25) is 10.0 Å². The number of piperidine rings is 1. The summed E-state index contributed by atoms with van der Waals surface area (Å²) in [7, 11) is 0. The van der Waals surface area contributed by atoms with E-state index in [1.54, 1.807) is 12.1 Å². The van der Waals surface area contributed by atoms with Crippen LogP contribution in [0, 0.1) is 11.3 Å². The molecular weight excluding hydrogens is 331 g/mol. The van der Waals surface area contributed by atoms with E-state index >= 15 is 0 Å². The van der Waals surface area contributed by atoms with Gasteiger partial charge in [0.25, 0.3) is 0 Å². The minimum Gasteiger partial charge on any atom is -0.396 e. The minimum atomic E-state index is 0.502. The van der Waals surface area contributed by atoms with E-state index in [1.165, 1.54) is 6.42 Å². The Morgan fingerprint density at radius 2 is 1.87 bits per heavy atom. The van der Waals surface area contributed by atoms with E-state index in [4.69, 9.17) is 28.9 Å². The monoisotopic (exact) mass is 348 g/mol. The van der Waals surface area contributed by atoms with E-state index in [0.29, 0.717) is 28.0 Å². The number of hydrogen-bond acceptors (Lipinski definition) is 3. The van der Waals surface area contributed by atoms with Gasteiger partial charge in [0.15, 0.2) is 0 Å². The highest BCUT2D eigenvalue weighted by molar-refractivity contribution is 6.35. The lowest BCUT2D eigenvalue weighted by atomic mass is 10.1. The number of nitriles is 1. The predicted octanol–water partition coefficient (Wildman–Crippen LogP) is 4.29. The van der Waals surface area contributed by atoms with Crippen molar-refractivity contribution in [3.05, 3.63) is 45.6 Å². The highest BCUT2D eigenvalue weighted by Gasteiger charge is 2.21. The Hall–Kier alpha value is -1.83. The lowest BCUT2D eigenvalue weighted by Gasteiger charge is -2.30. The molecule has 1 aliphatic heterocycles. The highest BCUT2D eigenvalue weighted by Crippen LogP contribution is 2.32. The first-order chi connectivity index (χ1) is 11.1. The third-order valence-corrected chi connectivity index (χ3v) is 4.80. The molecule has 0 saturated carbocycles. The number of halogens is 2. The molecule has 0 bridgehead atoms. The van der Waals surface area contributed by atoms with Crippen LogP contribution in [0.25, 0.3) is 0 Å². The van der Waals surface area contributed by atoms with Gasteiger partial charge in [0.1, 0.15) is 17.6 Å².